The summed E-state index contributed by atoms with van der Waals surface area (Å²) in [7, 11) is -3.14. The average Bonchev–Trinajstić information content (AvgIpc) is 2.42. The van der Waals surface area contributed by atoms with E-state index >= 15 is 0 Å². The average molecular weight is 283 g/mol. The molecular weight excluding hydrogens is 262 g/mol. The SMILES string of the molecule is CCS(=O)(=O)N1CC(Cc2ccccc2)OCC1C. The predicted octanol–water partition coefficient (Wildman–Crippen LogP) is 1.67. The van der Waals surface area contributed by atoms with Gasteiger partial charge in [-0.25, -0.2) is 8.42 Å². The Hall–Kier alpha value is -0.910. The minimum atomic E-state index is -3.14. The number of hydrogen-bond acceptors (Lipinski definition) is 3. The molecule has 19 heavy (non-hydrogen) atoms. The first kappa shape index (κ1) is 14.5. The molecule has 1 aromatic carbocycles. The maximum atomic E-state index is 12.0. The van der Waals surface area contributed by atoms with Crippen molar-refractivity contribution in [3.8, 4) is 0 Å². The molecule has 1 fully saturated rings. The summed E-state index contributed by atoms with van der Waals surface area (Å²) in [5.41, 5.74) is 1.18. The van der Waals surface area contributed by atoms with Gasteiger partial charge in [-0.15, -0.1) is 0 Å². The lowest BCUT2D eigenvalue weighted by Crippen LogP contribution is -2.51. The van der Waals surface area contributed by atoms with Crippen LogP contribution in [-0.4, -0.2) is 43.8 Å². The molecule has 1 aliphatic heterocycles. The van der Waals surface area contributed by atoms with Crippen LogP contribution in [0.4, 0.5) is 0 Å². The zero-order valence-electron chi connectivity index (χ0n) is 11.5. The molecule has 0 amide bonds. The molecule has 0 spiro atoms. The van der Waals surface area contributed by atoms with Crippen LogP contribution in [0.2, 0.25) is 0 Å². The molecule has 1 aromatic rings. The van der Waals surface area contributed by atoms with Gasteiger partial charge in [-0.3, -0.25) is 0 Å². The number of hydrogen-bond donors (Lipinski definition) is 0. The van der Waals surface area contributed by atoms with Crippen molar-refractivity contribution in [1.82, 2.24) is 4.31 Å². The molecule has 1 heterocycles. The quantitative estimate of drug-likeness (QED) is 0.844. The lowest BCUT2D eigenvalue weighted by atomic mass is 10.1. The van der Waals surface area contributed by atoms with Gasteiger partial charge in [-0.05, 0) is 25.8 Å². The largest absolute Gasteiger partial charge is 0.375 e. The van der Waals surface area contributed by atoms with Crippen LogP contribution in [-0.2, 0) is 21.2 Å². The van der Waals surface area contributed by atoms with E-state index in [0.717, 1.165) is 6.42 Å². The van der Waals surface area contributed by atoms with Gasteiger partial charge in [0.15, 0.2) is 0 Å². The standard InChI is InChI=1S/C14H21NO3S/c1-3-19(16,17)15-10-14(18-11-12(15)2)9-13-7-5-4-6-8-13/h4-8,12,14H,3,9-11H2,1-2H3. The molecular formula is C14H21NO3S. The third-order valence-corrected chi connectivity index (χ3v) is 5.43. The van der Waals surface area contributed by atoms with Crippen molar-refractivity contribution in [1.29, 1.82) is 0 Å². The van der Waals surface area contributed by atoms with Gasteiger partial charge in [0.1, 0.15) is 0 Å². The van der Waals surface area contributed by atoms with Crippen LogP contribution < -0.4 is 0 Å². The van der Waals surface area contributed by atoms with E-state index in [-0.39, 0.29) is 17.9 Å². The third kappa shape index (κ3) is 3.55. The summed E-state index contributed by atoms with van der Waals surface area (Å²) in [5, 5.41) is 0. The Balaban J connectivity index is 2.06. The highest BCUT2D eigenvalue weighted by atomic mass is 32.2. The minimum Gasteiger partial charge on any atom is -0.375 e. The zero-order chi connectivity index (χ0) is 13.9. The van der Waals surface area contributed by atoms with Crippen LogP contribution >= 0.6 is 0 Å². The van der Waals surface area contributed by atoms with Crippen molar-refractivity contribution < 1.29 is 13.2 Å². The van der Waals surface area contributed by atoms with Crippen LogP contribution in [0.5, 0.6) is 0 Å². The monoisotopic (exact) mass is 283 g/mol. The van der Waals surface area contributed by atoms with Crippen LogP contribution in [0.15, 0.2) is 30.3 Å². The first-order valence-electron chi connectivity index (χ1n) is 6.68. The van der Waals surface area contributed by atoms with E-state index in [0.29, 0.717) is 13.2 Å². The fourth-order valence-electron chi connectivity index (χ4n) is 2.35. The number of benzene rings is 1. The Morgan fingerprint density at radius 3 is 2.63 bits per heavy atom. The minimum absolute atomic E-state index is 0.0556. The van der Waals surface area contributed by atoms with Crippen molar-refractivity contribution in [2.75, 3.05) is 18.9 Å². The molecule has 0 N–H and O–H groups in total. The fraction of sp³-hybridized carbons (Fsp3) is 0.571. The molecule has 0 aromatic heterocycles. The van der Waals surface area contributed by atoms with Gasteiger partial charge in [0.25, 0.3) is 0 Å². The Labute approximate surface area is 115 Å². The van der Waals surface area contributed by atoms with Gasteiger partial charge in [-0.1, -0.05) is 30.3 Å². The number of rotatable bonds is 4. The van der Waals surface area contributed by atoms with E-state index in [1.165, 1.54) is 5.56 Å². The molecule has 2 rings (SSSR count). The summed E-state index contributed by atoms with van der Waals surface area (Å²) in [6, 6.07) is 9.96. The second-order valence-electron chi connectivity index (χ2n) is 4.96. The van der Waals surface area contributed by atoms with Crippen LogP contribution in [0.1, 0.15) is 19.4 Å². The van der Waals surface area contributed by atoms with Gasteiger partial charge in [0, 0.05) is 12.6 Å². The highest BCUT2D eigenvalue weighted by molar-refractivity contribution is 7.89. The second kappa shape index (κ2) is 6.03. The van der Waals surface area contributed by atoms with Crippen molar-refractivity contribution in [3.63, 3.8) is 0 Å². The molecule has 2 unspecified atom stereocenters. The highest BCUT2D eigenvalue weighted by Crippen LogP contribution is 2.19. The predicted molar refractivity (Wildman–Crippen MR) is 75.5 cm³/mol. The molecule has 0 saturated carbocycles. The van der Waals surface area contributed by atoms with E-state index in [2.05, 4.69) is 0 Å². The maximum absolute atomic E-state index is 12.0. The first-order chi connectivity index (χ1) is 9.03. The summed E-state index contributed by atoms with van der Waals surface area (Å²) < 4.78 is 31.4. The zero-order valence-corrected chi connectivity index (χ0v) is 12.3. The van der Waals surface area contributed by atoms with Crippen molar-refractivity contribution in [2.45, 2.75) is 32.4 Å². The Morgan fingerprint density at radius 1 is 1.32 bits per heavy atom. The van der Waals surface area contributed by atoms with Crippen LogP contribution in [0, 0.1) is 0 Å². The van der Waals surface area contributed by atoms with Gasteiger partial charge >= 0.3 is 0 Å². The maximum Gasteiger partial charge on any atom is 0.214 e. The molecule has 0 aliphatic carbocycles. The normalized spacial score (nSPS) is 25.4. The van der Waals surface area contributed by atoms with Crippen molar-refractivity contribution in [2.24, 2.45) is 0 Å². The van der Waals surface area contributed by atoms with E-state index in [9.17, 15) is 8.42 Å². The number of nitrogens with zero attached hydrogens (tertiary/aromatic N) is 1. The van der Waals surface area contributed by atoms with E-state index < -0.39 is 10.0 Å². The summed E-state index contributed by atoms with van der Waals surface area (Å²) in [4.78, 5) is 0. The van der Waals surface area contributed by atoms with Gasteiger partial charge in [0.05, 0.1) is 18.5 Å². The number of ether oxygens (including phenoxy) is 1. The van der Waals surface area contributed by atoms with Gasteiger partial charge in [0.2, 0.25) is 10.0 Å². The smallest absolute Gasteiger partial charge is 0.214 e. The lowest BCUT2D eigenvalue weighted by molar-refractivity contribution is -0.0264. The molecule has 5 heteroatoms. The topological polar surface area (TPSA) is 46.6 Å². The van der Waals surface area contributed by atoms with E-state index in [1.54, 1.807) is 11.2 Å². The van der Waals surface area contributed by atoms with Crippen molar-refractivity contribution in [3.05, 3.63) is 35.9 Å². The summed E-state index contributed by atoms with van der Waals surface area (Å²) >= 11 is 0. The fourth-order valence-corrected chi connectivity index (χ4v) is 3.68. The summed E-state index contributed by atoms with van der Waals surface area (Å²) in [5.74, 6) is 0.148. The first-order valence-corrected chi connectivity index (χ1v) is 8.29. The Kier molecular flexibility index (Phi) is 4.60. The summed E-state index contributed by atoms with van der Waals surface area (Å²) in [6.45, 7) is 4.50. The molecule has 2 atom stereocenters. The van der Waals surface area contributed by atoms with Gasteiger partial charge in [-0.2, -0.15) is 4.31 Å². The number of morpholine rings is 1. The van der Waals surface area contributed by atoms with Gasteiger partial charge < -0.3 is 4.74 Å². The molecule has 106 valence electrons. The molecule has 4 nitrogen and oxygen atoms in total. The second-order valence-corrected chi connectivity index (χ2v) is 7.17. The molecule has 1 aliphatic rings. The lowest BCUT2D eigenvalue weighted by Gasteiger charge is -2.37. The van der Waals surface area contributed by atoms with E-state index in [4.69, 9.17) is 4.74 Å². The Bertz CT molecular complexity index is 501. The van der Waals surface area contributed by atoms with Crippen LogP contribution in [0.3, 0.4) is 0 Å². The summed E-state index contributed by atoms with van der Waals surface area (Å²) in [6.07, 6.45) is 0.698. The molecule has 0 bridgehead atoms. The number of sulfonamides is 1. The molecule has 0 radical (unpaired) electrons. The van der Waals surface area contributed by atoms with Crippen molar-refractivity contribution >= 4 is 10.0 Å². The highest BCUT2D eigenvalue weighted by Gasteiger charge is 2.33. The van der Waals surface area contributed by atoms with Crippen LogP contribution in [0.25, 0.3) is 0 Å². The van der Waals surface area contributed by atoms with E-state index in [1.807, 2.05) is 37.3 Å². The Morgan fingerprint density at radius 2 is 2.00 bits per heavy atom. The third-order valence-electron chi connectivity index (χ3n) is 3.48. The molecule has 1 saturated heterocycles.